The van der Waals surface area contributed by atoms with E-state index in [9.17, 15) is 18.0 Å². The van der Waals surface area contributed by atoms with Crippen molar-refractivity contribution in [2.24, 2.45) is 0 Å². The highest BCUT2D eigenvalue weighted by Crippen LogP contribution is 2.37. The number of amides is 1. The molecule has 0 aliphatic carbocycles. The predicted octanol–water partition coefficient (Wildman–Crippen LogP) is 7.01. The summed E-state index contributed by atoms with van der Waals surface area (Å²) in [6.45, 7) is 9.27. The summed E-state index contributed by atoms with van der Waals surface area (Å²) >= 11 is 0. The molecular weight excluding hydrogens is 461 g/mol. The number of hydrogen-bond acceptors (Lipinski definition) is 2. The first-order valence-corrected chi connectivity index (χ1v) is 11.5. The lowest BCUT2D eigenvalue weighted by atomic mass is 9.79. The largest absolute Gasteiger partial charge is 0.416 e. The Morgan fingerprint density at radius 1 is 1.00 bits per heavy atom. The van der Waals surface area contributed by atoms with Crippen molar-refractivity contribution in [3.05, 3.63) is 137 Å². The van der Waals surface area contributed by atoms with E-state index in [4.69, 9.17) is 4.98 Å². The Kier molecular flexibility index (Phi) is 8.30. The number of halogens is 3. The Hall–Kier alpha value is -3.93. The van der Waals surface area contributed by atoms with Gasteiger partial charge in [-0.15, -0.1) is 0 Å². The van der Waals surface area contributed by atoms with E-state index in [1.165, 1.54) is 12.1 Å². The number of carbonyl (C=O) groups excluding carboxylic acids is 1. The maximum absolute atomic E-state index is 13.8. The Balaban J connectivity index is 2.35. The van der Waals surface area contributed by atoms with E-state index in [0.717, 1.165) is 23.3 Å². The van der Waals surface area contributed by atoms with Gasteiger partial charge in [0.15, 0.2) is 0 Å². The number of allylic oxidation sites excluding steroid dienone is 3. The molecule has 1 heterocycles. The van der Waals surface area contributed by atoms with Gasteiger partial charge in [-0.25, -0.2) is 0 Å². The van der Waals surface area contributed by atoms with Crippen LogP contribution in [0, 0.1) is 13.8 Å². The zero-order valence-electron chi connectivity index (χ0n) is 20.6. The first-order chi connectivity index (χ1) is 17.1. The van der Waals surface area contributed by atoms with Gasteiger partial charge in [-0.05, 0) is 67.8 Å². The number of nitrogens with zero attached hydrogens (tertiary/aromatic N) is 1. The Morgan fingerprint density at radius 2 is 1.69 bits per heavy atom. The molecule has 0 saturated carbocycles. The molecule has 0 fully saturated rings. The van der Waals surface area contributed by atoms with E-state index in [1.54, 1.807) is 30.4 Å². The number of aryl methyl sites for hydroxylation is 2. The normalized spacial score (nSPS) is 13.9. The molecule has 2 aromatic carbocycles. The van der Waals surface area contributed by atoms with Crippen LogP contribution in [0.1, 0.15) is 40.6 Å². The van der Waals surface area contributed by atoms with Gasteiger partial charge in [0.25, 0.3) is 5.91 Å². The summed E-state index contributed by atoms with van der Waals surface area (Å²) in [5.41, 5.74) is 1.21. The van der Waals surface area contributed by atoms with Crippen LogP contribution < -0.4 is 5.32 Å². The molecule has 1 amide bonds. The summed E-state index contributed by atoms with van der Waals surface area (Å²) in [5.74, 6) is -0.475. The molecule has 3 aromatic rings. The number of aromatic nitrogens is 1. The lowest BCUT2D eigenvalue weighted by Crippen LogP contribution is -2.49. The summed E-state index contributed by atoms with van der Waals surface area (Å²) < 4.78 is 41.3. The van der Waals surface area contributed by atoms with Gasteiger partial charge < -0.3 is 5.32 Å². The van der Waals surface area contributed by atoms with Gasteiger partial charge in [-0.3, -0.25) is 9.78 Å². The predicted molar refractivity (Wildman–Crippen MR) is 137 cm³/mol. The number of alkyl halides is 3. The Labute approximate surface area is 210 Å². The number of nitrogens with one attached hydrogen (secondary N) is 1. The smallest absolute Gasteiger partial charge is 0.337 e. The third-order valence-corrected chi connectivity index (χ3v) is 5.81. The molecule has 1 unspecified atom stereocenters. The Bertz CT molecular complexity index is 1270. The number of hydrogen-bond donors (Lipinski definition) is 1. The van der Waals surface area contributed by atoms with Crippen molar-refractivity contribution in [2.75, 3.05) is 0 Å². The molecule has 0 spiro atoms. The quantitative estimate of drug-likeness (QED) is 0.273. The fourth-order valence-corrected chi connectivity index (χ4v) is 4.15. The third kappa shape index (κ3) is 6.19. The molecule has 0 bridgehead atoms. The van der Waals surface area contributed by atoms with Crippen molar-refractivity contribution >= 4 is 5.91 Å². The van der Waals surface area contributed by atoms with Gasteiger partial charge in [0, 0.05) is 17.7 Å². The fourth-order valence-electron chi connectivity index (χ4n) is 4.15. The summed E-state index contributed by atoms with van der Waals surface area (Å²) in [4.78, 5) is 18.3. The van der Waals surface area contributed by atoms with Gasteiger partial charge in [-0.1, -0.05) is 67.3 Å². The number of rotatable bonds is 8. The number of benzene rings is 2. The molecule has 186 valence electrons. The van der Waals surface area contributed by atoms with E-state index in [2.05, 4.69) is 11.9 Å². The fraction of sp³-hybridized carbons (Fsp3) is 0.200. The lowest BCUT2D eigenvalue weighted by molar-refractivity contribution is -0.137. The van der Waals surface area contributed by atoms with Gasteiger partial charge in [0.05, 0.1) is 11.3 Å². The minimum atomic E-state index is -4.55. The van der Waals surface area contributed by atoms with Gasteiger partial charge in [-0.2, -0.15) is 13.2 Å². The standard InChI is InChI=1S/C30H29F3N2O/c1-5-7-14-24(6-2)28(36)35-29(20-23-12-9-8-10-13-23,27-18-21(3)17-22(4)34-27)25-15-11-16-26(19-25)30(31,32)33/h5-19H,2,20H2,1,3-4H3,(H,35,36)/b7-5-,24-14+. The van der Waals surface area contributed by atoms with Crippen molar-refractivity contribution in [3.63, 3.8) is 0 Å². The second-order valence-electron chi connectivity index (χ2n) is 8.62. The van der Waals surface area contributed by atoms with Crippen LogP contribution in [0.3, 0.4) is 0 Å². The zero-order chi connectivity index (χ0) is 26.3. The maximum atomic E-state index is 13.8. The van der Waals surface area contributed by atoms with Crippen molar-refractivity contribution in [3.8, 4) is 0 Å². The molecule has 0 aliphatic rings. The second-order valence-corrected chi connectivity index (χ2v) is 8.62. The molecule has 1 atom stereocenters. The molecule has 1 aromatic heterocycles. The molecular formula is C30H29F3N2O. The third-order valence-electron chi connectivity index (χ3n) is 5.81. The molecule has 0 aliphatic heterocycles. The zero-order valence-corrected chi connectivity index (χ0v) is 20.6. The van der Waals surface area contributed by atoms with E-state index >= 15 is 0 Å². The molecule has 0 saturated heterocycles. The summed E-state index contributed by atoms with van der Waals surface area (Å²) in [7, 11) is 0. The summed E-state index contributed by atoms with van der Waals surface area (Å²) in [5, 5.41) is 3.06. The molecule has 6 heteroatoms. The van der Waals surface area contributed by atoms with E-state index in [0.29, 0.717) is 11.4 Å². The molecule has 1 N–H and O–H groups in total. The monoisotopic (exact) mass is 490 g/mol. The van der Waals surface area contributed by atoms with Crippen LogP contribution in [0.5, 0.6) is 0 Å². The lowest BCUT2D eigenvalue weighted by Gasteiger charge is -2.36. The average Bonchev–Trinajstić information content (AvgIpc) is 2.83. The molecule has 3 rings (SSSR count). The minimum Gasteiger partial charge on any atom is -0.337 e. The number of carbonyl (C=O) groups is 1. The van der Waals surface area contributed by atoms with Crippen LogP contribution in [0.4, 0.5) is 13.2 Å². The topological polar surface area (TPSA) is 42.0 Å². The number of pyridine rings is 1. The van der Waals surface area contributed by atoms with E-state index in [1.807, 2.05) is 57.2 Å². The van der Waals surface area contributed by atoms with Crippen LogP contribution in [0.2, 0.25) is 0 Å². The van der Waals surface area contributed by atoms with Gasteiger partial charge >= 0.3 is 6.18 Å². The van der Waals surface area contributed by atoms with Gasteiger partial charge in [0.1, 0.15) is 5.54 Å². The summed E-state index contributed by atoms with van der Waals surface area (Å²) in [6, 6.07) is 18.1. The minimum absolute atomic E-state index is 0.185. The first-order valence-electron chi connectivity index (χ1n) is 11.5. The SMILES string of the molecule is C=C/C(=C\C=C/C)C(=O)NC(Cc1ccccc1)(c1cccc(C(F)(F)F)c1)c1cc(C)cc(C)n1. The van der Waals surface area contributed by atoms with Crippen molar-refractivity contribution in [1.29, 1.82) is 0 Å². The van der Waals surface area contributed by atoms with Crippen molar-refractivity contribution in [1.82, 2.24) is 10.3 Å². The van der Waals surface area contributed by atoms with Crippen LogP contribution in [-0.4, -0.2) is 10.9 Å². The van der Waals surface area contributed by atoms with Crippen molar-refractivity contribution in [2.45, 2.75) is 38.9 Å². The Morgan fingerprint density at radius 3 is 2.31 bits per heavy atom. The summed E-state index contributed by atoms with van der Waals surface area (Å²) in [6.07, 6.45) is 2.14. The van der Waals surface area contributed by atoms with Crippen LogP contribution in [0.15, 0.2) is 103 Å². The van der Waals surface area contributed by atoms with Gasteiger partial charge in [0.2, 0.25) is 0 Å². The highest BCUT2D eigenvalue weighted by atomic mass is 19.4. The average molecular weight is 491 g/mol. The van der Waals surface area contributed by atoms with E-state index in [-0.39, 0.29) is 17.6 Å². The highest BCUT2D eigenvalue weighted by molar-refractivity contribution is 5.97. The first kappa shape index (κ1) is 26.7. The molecule has 3 nitrogen and oxygen atoms in total. The van der Waals surface area contributed by atoms with Crippen LogP contribution in [0.25, 0.3) is 0 Å². The van der Waals surface area contributed by atoms with Crippen LogP contribution >= 0.6 is 0 Å². The van der Waals surface area contributed by atoms with Crippen molar-refractivity contribution < 1.29 is 18.0 Å². The van der Waals surface area contributed by atoms with E-state index < -0.39 is 23.2 Å². The molecule has 0 radical (unpaired) electrons. The second kappa shape index (κ2) is 11.2. The molecule has 36 heavy (non-hydrogen) atoms. The highest BCUT2D eigenvalue weighted by Gasteiger charge is 2.40. The van der Waals surface area contributed by atoms with Crippen LogP contribution in [-0.2, 0) is 22.9 Å². The maximum Gasteiger partial charge on any atom is 0.416 e.